The van der Waals surface area contributed by atoms with Crippen LogP contribution in [0.15, 0.2) is 191 Å². The fraction of sp³-hybridized carbons (Fsp3) is 0.107. The molecular formula is C56H48O2SiZr. The van der Waals surface area contributed by atoms with Gasteiger partial charge in [0.05, 0.1) is 23.0 Å². The van der Waals surface area contributed by atoms with Crippen LogP contribution in [0.25, 0.3) is 88.7 Å². The van der Waals surface area contributed by atoms with E-state index in [1.54, 1.807) is 23.3 Å². The molecule has 0 N–H and O–H groups in total. The van der Waals surface area contributed by atoms with Crippen LogP contribution < -0.4 is 0 Å². The summed E-state index contributed by atoms with van der Waals surface area (Å²) in [5.41, 5.74) is 15.1. The summed E-state index contributed by atoms with van der Waals surface area (Å²) < 4.78 is 11.7. The van der Waals surface area contributed by atoms with Gasteiger partial charge in [0.15, 0.2) is 0 Å². The van der Waals surface area contributed by atoms with E-state index in [1.807, 2.05) is 38.1 Å². The number of hydrogen-bond donors (Lipinski definition) is 0. The van der Waals surface area contributed by atoms with Crippen molar-refractivity contribution in [1.29, 1.82) is 0 Å². The van der Waals surface area contributed by atoms with Crippen LogP contribution in [-0.2, 0) is 23.3 Å². The second kappa shape index (κ2) is 18.2. The van der Waals surface area contributed by atoms with Crippen LogP contribution in [0.4, 0.5) is 0 Å². The normalized spacial score (nSPS) is 10.9. The van der Waals surface area contributed by atoms with Gasteiger partial charge < -0.3 is 8.83 Å². The number of aryl methyl sites for hydroxylation is 4. The number of benzene rings is 6. The summed E-state index contributed by atoms with van der Waals surface area (Å²) in [6.45, 7) is 12.9. The van der Waals surface area contributed by atoms with Crippen molar-refractivity contribution < 1.29 is 32.2 Å². The Labute approximate surface area is 369 Å². The third kappa shape index (κ3) is 9.16. The molecular weight excluding hydrogens is 824 g/mol. The van der Waals surface area contributed by atoms with Gasteiger partial charge in [-0.3, -0.25) is 0 Å². The molecule has 10 rings (SSSR count). The molecule has 0 aliphatic heterocycles. The van der Waals surface area contributed by atoms with Crippen LogP contribution >= 0.6 is 0 Å². The van der Waals surface area contributed by atoms with Crippen LogP contribution in [0.5, 0.6) is 0 Å². The molecule has 4 heteroatoms. The fourth-order valence-corrected chi connectivity index (χ4v) is 7.93. The molecule has 60 heavy (non-hydrogen) atoms. The average molecular weight is 872 g/mol. The van der Waals surface area contributed by atoms with Crippen molar-refractivity contribution >= 4 is 27.0 Å². The van der Waals surface area contributed by atoms with E-state index in [9.17, 15) is 0 Å². The van der Waals surface area contributed by atoms with Crippen molar-refractivity contribution in [3.8, 4) is 67.2 Å². The summed E-state index contributed by atoms with van der Waals surface area (Å²) in [6.07, 6.45) is 0. The maximum absolute atomic E-state index is 5.84. The molecule has 2 nitrogen and oxygen atoms in total. The molecule has 0 unspecified atom stereocenters. The average Bonchev–Trinajstić information content (AvgIpc) is 4.09. The van der Waals surface area contributed by atoms with Gasteiger partial charge in [0.25, 0.3) is 0 Å². The van der Waals surface area contributed by atoms with Crippen LogP contribution in [0.2, 0.25) is 13.1 Å². The first kappa shape index (κ1) is 41.0. The molecule has 0 fully saturated rings. The molecule has 0 atom stereocenters. The van der Waals surface area contributed by atoms with Crippen LogP contribution in [-0.4, -0.2) is 5.43 Å². The van der Waals surface area contributed by atoms with Crippen molar-refractivity contribution in [2.75, 3.05) is 0 Å². The summed E-state index contributed by atoms with van der Waals surface area (Å²) >= 11 is 1.74. The Kier molecular flexibility index (Phi) is 12.4. The van der Waals surface area contributed by atoms with Gasteiger partial charge in [-0.25, -0.2) is 0 Å². The van der Waals surface area contributed by atoms with Crippen molar-refractivity contribution in [2.45, 2.75) is 40.8 Å². The molecule has 0 saturated heterocycles. The first-order chi connectivity index (χ1) is 29.1. The third-order valence-electron chi connectivity index (χ3n) is 10.8. The van der Waals surface area contributed by atoms with E-state index >= 15 is 0 Å². The summed E-state index contributed by atoms with van der Waals surface area (Å²) in [7, 11) is 0. The van der Waals surface area contributed by atoms with Gasteiger partial charge in [0, 0.05) is 0 Å². The van der Waals surface area contributed by atoms with E-state index in [-0.39, 0.29) is 5.43 Å². The van der Waals surface area contributed by atoms with E-state index in [4.69, 9.17) is 8.83 Å². The molecule has 2 aromatic heterocycles. The van der Waals surface area contributed by atoms with Crippen molar-refractivity contribution in [3.63, 3.8) is 0 Å². The number of furan rings is 2. The monoisotopic (exact) mass is 870 g/mol. The Morgan fingerprint density at radius 3 is 1.07 bits per heavy atom. The molecule has 0 spiro atoms. The molecule has 8 aromatic carbocycles. The molecule has 0 bridgehead atoms. The third-order valence-corrected chi connectivity index (χ3v) is 10.8. The smallest absolute Gasteiger partial charge is 0.0896 e. The molecule has 0 saturated carbocycles. The van der Waals surface area contributed by atoms with Crippen molar-refractivity contribution in [3.05, 3.63) is 205 Å². The molecule has 0 aliphatic carbocycles. The van der Waals surface area contributed by atoms with E-state index in [1.165, 1.54) is 77.2 Å². The molecule has 0 radical (unpaired) electrons. The van der Waals surface area contributed by atoms with E-state index in [0.29, 0.717) is 0 Å². The van der Waals surface area contributed by atoms with Gasteiger partial charge in [-0.15, -0.1) is 57.9 Å². The minimum absolute atomic E-state index is 0.210. The van der Waals surface area contributed by atoms with E-state index in [0.717, 1.165) is 34.2 Å². The predicted molar refractivity (Wildman–Crippen MR) is 253 cm³/mol. The Morgan fingerprint density at radius 2 is 0.733 bits per heavy atom. The van der Waals surface area contributed by atoms with Gasteiger partial charge in [-0.05, 0) is 96.5 Å². The van der Waals surface area contributed by atoms with Crippen molar-refractivity contribution in [2.24, 2.45) is 0 Å². The maximum Gasteiger partial charge on any atom is 0.0896 e. The van der Waals surface area contributed by atoms with Gasteiger partial charge in [0.2, 0.25) is 0 Å². The molecule has 10 aromatic rings. The Bertz CT molecular complexity index is 2820. The fourth-order valence-electron chi connectivity index (χ4n) is 7.93. The quantitative estimate of drug-likeness (QED) is 0.123. The van der Waals surface area contributed by atoms with Crippen molar-refractivity contribution in [1.82, 2.24) is 0 Å². The van der Waals surface area contributed by atoms with Gasteiger partial charge >= 0.3 is 41.9 Å². The van der Waals surface area contributed by atoms with E-state index < -0.39 is 0 Å². The summed E-state index contributed by atoms with van der Waals surface area (Å²) in [4.78, 5) is 0. The Hall–Kier alpha value is -5.80. The molecule has 0 aliphatic rings. The van der Waals surface area contributed by atoms with Crippen LogP contribution in [0, 0.1) is 27.7 Å². The minimum Gasteiger partial charge on any atom is -0.496 e. The molecule has 0 amide bonds. The SMILES string of the molecule is C[Si](C)=[Zr+2].Cc1ccc(-c2cc3c(-c4ccc(-c5ccccc5)cc4)c(C)ccc3[cH-]2)o1.Cc1ccc(-c2cc3c(-c4ccc(-c5ccccc5)cc4)c(C)ccc3[cH-]2)o1. The van der Waals surface area contributed by atoms with Crippen LogP contribution in [0.1, 0.15) is 22.6 Å². The number of fused-ring (bicyclic) bond motifs is 2. The first-order valence-electron chi connectivity index (χ1n) is 20.5. The second-order valence-corrected chi connectivity index (χ2v) is 25.1. The number of rotatable bonds is 6. The first-order valence-corrected chi connectivity index (χ1v) is 26.7. The topological polar surface area (TPSA) is 26.3 Å². The Morgan fingerprint density at radius 1 is 0.400 bits per heavy atom. The summed E-state index contributed by atoms with van der Waals surface area (Å²) in [5.74, 6) is 3.73. The second-order valence-electron chi connectivity index (χ2n) is 15.7. The zero-order valence-corrected chi connectivity index (χ0v) is 38.6. The largest absolute Gasteiger partial charge is 0.496 e. The summed E-state index contributed by atoms with van der Waals surface area (Å²) in [5, 5.41) is 5.04. The van der Waals surface area contributed by atoms with Crippen LogP contribution in [0.3, 0.4) is 0 Å². The zero-order chi connectivity index (χ0) is 41.8. The standard InChI is InChI=1S/2C27H21O.C2H6Si.Zr/c2*1-18-8-10-23-16-24(26-15-9-19(2)28-26)17-25(23)27(18)22-13-11-21(12-14-22)20-6-4-3-5-7-20;1-3-2;/h2*3-17H,1-2H3;1-2H3;/q2*-1;;+2. The molecule has 292 valence electrons. The molecule has 2 heterocycles. The Balaban J connectivity index is 0.000000153. The summed E-state index contributed by atoms with van der Waals surface area (Å²) in [6, 6.07) is 64.7. The van der Waals surface area contributed by atoms with Gasteiger partial charge in [-0.2, -0.15) is 0 Å². The zero-order valence-electron chi connectivity index (χ0n) is 35.1. The van der Waals surface area contributed by atoms with E-state index in [2.05, 4.69) is 185 Å². The number of hydrogen-bond acceptors (Lipinski definition) is 2. The van der Waals surface area contributed by atoms with Gasteiger partial charge in [-0.1, -0.05) is 144 Å². The van der Waals surface area contributed by atoms with Gasteiger partial charge in [0.1, 0.15) is 0 Å². The maximum atomic E-state index is 5.84. The predicted octanol–water partition coefficient (Wildman–Crippen LogP) is 16.3. The minimum atomic E-state index is 0.210.